The third kappa shape index (κ3) is 4.52. The second kappa shape index (κ2) is 6.45. The molecule has 1 aromatic carbocycles. The maximum absolute atomic E-state index is 6.19. The molecule has 0 spiro atoms. The van der Waals surface area contributed by atoms with Crippen LogP contribution in [-0.4, -0.2) is 11.1 Å². The van der Waals surface area contributed by atoms with Crippen LogP contribution in [0.2, 0.25) is 0 Å². The average Bonchev–Trinajstić information content (AvgIpc) is 2.34. The lowest BCUT2D eigenvalue weighted by atomic mass is 9.71. The molecule has 3 heteroatoms. The molecule has 1 saturated carbocycles. The smallest absolute Gasteiger partial charge is 0.103 e. The monoisotopic (exact) mass is 305 g/mol. The second-order valence-corrected chi connectivity index (χ2v) is 7.79. The van der Waals surface area contributed by atoms with E-state index in [2.05, 4.69) is 39.8 Å². The first-order valence-electron chi connectivity index (χ1n) is 7.78. The Morgan fingerprint density at radius 3 is 2.67 bits per heavy atom. The molecule has 2 nitrogen and oxygen atoms in total. The summed E-state index contributed by atoms with van der Waals surface area (Å²) in [6.45, 7) is 9.80. The van der Waals surface area contributed by atoms with E-state index in [1.165, 1.54) is 24.0 Å². The Morgan fingerprint density at radius 2 is 2.10 bits per heavy atom. The Balaban J connectivity index is 1.98. The highest BCUT2D eigenvalue weighted by Crippen LogP contribution is 2.39. The van der Waals surface area contributed by atoms with Gasteiger partial charge in [-0.2, -0.15) is 0 Å². The van der Waals surface area contributed by atoms with E-state index in [0.29, 0.717) is 23.1 Å². The fourth-order valence-corrected chi connectivity index (χ4v) is 3.73. The van der Waals surface area contributed by atoms with E-state index in [1.54, 1.807) is 0 Å². The summed E-state index contributed by atoms with van der Waals surface area (Å²) in [6, 6.07) is 6.12. The van der Waals surface area contributed by atoms with Crippen molar-refractivity contribution in [2.45, 2.75) is 59.7 Å². The normalized spacial score (nSPS) is 24.8. The minimum atomic E-state index is 0.374. The van der Waals surface area contributed by atoms with E-state index >= 15 is 0 Å². The quantitative estimate of drug-likeness (QED) is 0.839. The number of aryl methyl sites for hydroxylation is 1. The van der Waals surface area contributed by atoms with E-state index in [9.17, 15) is 0 Å². The molecular formula is C18H27NOS. The van der Waals surface area contributed by atoms with Crippen LogP contribution in [0.5, 0.6) is 0 Å². The molecule has 2 N–H and O–H groups in total. The molecule has 0 heterocycles. The maximum atomic E-state index is 6.19. The summed E-state index contributed by atoms with van der Waals surface area (Å²) in [5, 5.41) is 0. The van der Waals surface area contributed by atoms with Crippen LogP contribution >= 0.6 is 12.2 Å². The van der Waals surface area contributed by atoms with Gasteiger partial charge in [-0.05, 0) is 54.7 Å². The first-order chi connectivity index (χ1) is 9.77. The lowest BCUT2D eigenvalue weighted by Crippen LogP contribution is -2.32. The van der Waals surface area contributed by atoms with Crippen LogP contribution in [0.25, 0.3) is 0 Å². The number of hydrogen-bond acceptors (Lipinski definition) is 2. The van der Waals surface area contributed by atoms with Gasteiger partial charge >= 0.3 is 0 Å². The predicted octanol–water partition coefficient (Wildman–Crippen LogP) is 4.36. The van der Waals surface area contributed by atoms with Gasteiger partial charge in [0.05, 0.1) is 12.7 Å². The first kappa shape index (κ1) is 16.4. The molecule has 21 heavy (non-hydrogen) atoms. The summed E-state index contributed by atoms with van der Waals surface area (Å²) in [5.74, 6) is 0.747. The van der Waals surface area contributed by atoms with Crippen LogP contribution in [0.15, 0.2) is 18.2 Å². The minimum absolute atomic E-state index is 0.374. The molecule has 1 fully saturated rings. The largest absolute Gasteiger partial charge is 0.389 e. The fraction of sp³-hybridized carbons (Fsp3) is 0.611. The van der Waals surface area contributed by atoms with Gasteiger partial charge in [-0.3, -0.25) is 0 Å². The van der Waals surface area contributed by atoms with Crippen molar-refractivity contribution in [2.24, 2.45) is 17.1 Å². The zero-order chi connectivity index (χ0) is 15.6. The summed E-state index contributed by atoms with van der Waals surface area (Å²) in [7, 11) is 0. The molecule has 0 bridgehead atoms. The summed E-state index contributed by atoms with van der Waals surface area (Å²) in [6.07, 6.45) is 4.00. The Kier molecular flexibility index (Phi) is 5.05. The molecule has 2 rings (SSSR count). The third-order valence-corrected chi connectivity index (χ3v) is 4.68. The minimum Gasteiger partial charge on any atom is -0.389 e. The van der Waals surface area contributed by atoms with Gasteiger partial charge < -0.3 is 10.5 Å². The van der Waals surface area contributed by atoms with Gasteiger partial charge in [0.2, 0.25) is 0 Å². The van der Waals surface area contributed by atoms with Gasteiger partial charge in [0, 0.05) is 5.56 Å². The van der Waals surface area contributed by atoms with Crippen molar-refractivity contribution >= 4 is 17.2 Å². The van der Waals surface area contributed by atoms with E-state index in [1.807, 2.05) is 6.07 Å². The second-order valence-electron chi connectivity index (χ2n) is 7.35. The molecule has 0 saturated heterocycles. The predicted molar refractivity (Wildman–Crippen MR) is 92.4 cm³/mol. The van der Waals surface area contributed by atoms with Crippen LogP contribution in [-0.2, 0) is 11.3 Å². The molecule has 2 atom stereocenters. The number of rotatable bonds is 4. The van der Waals surface area contributed by atoms with Crippen LogP contribution in [0.4, 0.5) is 0 Å². The van der Waals surface area contributed by atoms with Gasteiger partial charge in [-0.1, -0.05) is 45.1 Å². The number of thiocarbonyl (C=S) groups is 1. The molecule has 116 valence electrons. The average molecular weight is 305 g/mol. The number of benzene rings is 1. The van der Waals surface area contributed by atoms with Crippen molar-refractivity contribution < 1.29 is 4.74 Å². The highest BCUT2D eigenvalue weighted by atomic mass is 32.1. The van der Waals surface area contributed by atoms with Crippen molar-refractivity contribution in [3.8, 4) is 0 Å². The van der Waals surface area contributed by atoms with Crippen molar-refractivity contribution in [1.82, 2.24) is 0 Å². The van der Waals surface area contributed by atoms with Gasteiger partial charge in [0.15, 0.2) is 0 Å². The lowest BCUT2D eigenvalue weighted by Gasteiger charge is -2.38. The van der Waals surface area contributed by atoms with E-state index in [-0.39, 0.29) is 0 Å². The molecule has 1 aliphatic carbocycles. The number of nitrogens with two attached hydrogens (primary N) is 1. The van der Waals surface area contributed by atoms with Crippen molar-refractivity contribution in [1.29, 1.82) is 0 Å². The standard InChI is InChI=1S/C18H27NOS/c1-12-7-16(10-18(3,4)9-12)20-11-15-6-5-14(17(19)21)8-13(15)2/h5-6,8,12,16H,7,9-11H2,1-4H3,(H2,19,21). The van der Waals surface area contributed by atoms with Gasteiger partial charge in [-0.15, -0.1) is 0 Å². The van der Waals surface area contributed by atoms with Crippen LogP contribution in [0.3, 0.4) is 0 Å². The first-order valence-corrected chi connectivity index (χ1v) is 8.18. The zero-order valence-electron chi connectivity index (χ0n) is 13.6. The van der Waals surface area contributed by atoms with Gasteiger partial charge in [-0.25, -0.2) is 0 Å². The molecular weight excluding hydrogens is 278 g/mol. The zero-order valence-corrected chi connectivity index (χ0v) is 14.4. The van der Waals surface area contributed by atoms with Crippen LogP contribution in [0, 0.1) is 18.3 Å². The highest BCUT2D eigenvalue weighted by Gasteiger charge is 2.32. The summed E-state index contributed by atoms with van der Waals surface area (Å²) in [5.41, 5.74) is 9.42. The number of ether oxygens (including phenoxy) is 1. The Labute approximate surface area is 134 Å². The van der Waals surface area contributed by atoms with E-state index in [0.717, 1.165) is 17.9 Å². The molecule has 0 aliphatic heterocycles. The molecule has 1 aromatic rings. The van der Waals surface area contributed by atoms with E-state index < -0.39 is 0 Å². The topological polar surface area (TPSA) is 35.2 Å². The Morgan fingerprint density at radius 1 is 1.38 bits per heavy atom. The molecule has 0 amide bonds. The summed E-state index contributed by atoms with van der Waals surface area (Å²) in [4.78, 5) is 0.452. The van der Waals surface area contributed by atoms with E-state index in [4.69, 9.17) is 22.7 Å². The maximum Gasteiger partial charge on any atom is 0.103 e. The van der Waals surface area contributed by atoms with Crippen molar-refractivity contribution in [3.63, 3.8) is 0 Å². The Bertz CT molecular complexity index is 524. The highest BCUT2D eigenvalue weighted by molar-refractivity contribution is 7.80. The van der Waals surface area contributed by atoms with Gasteiger partial charge in [0.25, 0.3) is 0 Å². The van der Waals surface area contributed by atoms with Crippen molar-refractivity contribution in [3.05, 3.63) is 34.9 Å². The van der Waals surface area contributed by atoms with Crippen LogP contribution in [0.1, 0.15) is 56.7 Å². The molecule has 0 aromatic heterocycles. The van der Waals surface area contributed by atoms with Gasteiger partial charge in [0.1, 0.15) is 4.99 Å². The molecule has 1 aliphatic rings. The SMILES string of the molecule is Cc1cc(C(N)=S)ccc1COC1CC(C)CC(C)(C)C1. The summed E-state index contributed by atoms with van der Waals surface area (Å²) >= 11 is 5.02. The lowest BCUT2D eigenvalue weighted by molar-refractivity contribution is -0.0317. The summed E-state index contributed by atoms with van der Waals surface area (Å²) < 4.78 is 6.19. The number of hydrogen-bond donors (Lipinski definition) is 1. The molecule has 0 radical (unpaired) electrons. The Hall–Kier alpha value is -0.930. The molecule has 2 unspecified atom stereocenters. The van der Waals surface area contributed by atoms with Crippen molar-refractivity contribution in [2.75, 3.05) is 0 Å². The third-order valence-electron chi connectivity index (χ3n) is 4.45. The fourth-order valence-electron chi connectivity index (χ4n) is 3.60. The van der Waals surface area contributed by atoms with Crippen LogP contribution < -0.4 is 5.73 Å².